The Morgan fingerprint density at radius 3 is 2.42 bits per heavy atom. The van der Waals surface area contributed by atoms with Crippen molar-refractivity contribution in [1.82, 2.24) is 4.90 Å². The third-order valence-corrected chi connectivity index (χ3v) is 6.00. The number of benzene rings is 2. The topological polar surface area (TPSA) is 84.0 Å². The SMILES string of the molecule is CC1CCN(C(=O)COC(=O)c2ccc3c(c2)C(=O)N(c2ccccc2Cl)C3=O)CC1. The number of nitrogens with zero attached hydrogens (tertiary/aromatic N) is 2. The molecule has 0 saturated carbocycles. The fraction of sp³-hybridized carbons (Fsp3) is 0.304. The van der Waals surface area contributed by atoms with E-state index in [1.807, 2.05) is 0 Å². The number of ether oxygens (including phenoxy) is 1. The van der Waals surface area contributed by atoms with E-state index < -0.39 is 17.8 Å². The summed E-state index contributed by atoms with van der Waals surface area (Å²) in [5, 5.41) is 0.266. The highest BCUT2D eigenvalue weighted by Crippen LogP contribution is 2.33. The van der Waals surface area contributed by atoms with E-state index in [9.17, 15) is 19.2 Å². The zero-order valence-electron chi connectivity index (χ0n) is 17.0. The predicted octanol–water partition coefficient (Wildman–Crippen LogP) is 3.56. The van der Waals surface area contributed by atoms with Crippen LogP contribution in [0.15, 0.2) is 42.5 Å². The molecule has 1 saturated heterocycles. The van der Waals surface area contributed by atoms with E-state index in [2.05, 4.69) is 6.92 Å². The summed E-state index contributed by atoms with van der Waals surface area (Å²) in [6.45, 7) is 3.10. The first-order chi connectivity index (χ1) is 14.9. The minimum atomic E-state index is -0.724. The van der Waals surface area contributed by atoms with Crippen molar-refractivity contribution in [2.45, 2.75) is 19.8 Å². The van der Waals surface area contributed by atoms with Gasteiger partial charge in [0.25, 0.3) is 17.7 Å². The fourth-order valence-electron chi connectivity index (χ4n) is 3.78. The summed E-state index contributed by atoms with van der Waals surface area (Å²) in [5.74, 6) is -1.46. The second-order valence-electron chi connectivity index (χ2n) is 7.80. The van der Waals surface area contributed by atoms with Crippen molar-refractivity contribution in [1.29, 1.82) is 0 Å². The molecule has 31 heavy (non-hydrogen) atoms. The van der Waals surface area contributed by atoms with Crippen LogP contribution in [0.25, 0.3) is 0 Å². The quantitative estimate of drug-likeness (QED) is 0.536. The van der Waals surface area contributed by atoms with Crippen LogP contribution in [0, 0.1) is 5.92 Å². The minimum Gasteiger partial charge on any atom is -0.452 e. The molecule has 8 heteroatoms. The smallest absolute Gasteiger partial charge is 0.338 e. The molecule has 2 aromatic carbocycles. The van der Waals surface area contributed by atoms with Crippen LogP contribution < -0.4 is 4.90 Å². The molecule has 2 heterocycles. The number of likely N-dealkylation sites (tertiary alicyclic amines) is 1. The number of amides is 3. The molecule has 0 atom stereocenters. The largest absolute Gasteiger partial charge is 0.452 e. The van der Waals surface area contributed by atoms with Crippen LogP contribution in [0.2, 0.25) is 5.02 Å². The Morgan fingerprint density at radius 1 is 1.03 bits per heavy atom. The summed E-state index contributed by atoms with van der Waals surface area (Å²) in [5.41, 5.74) is 0.651. The molecule has 0 spiro atoms. The fourth-order valence-corrected chi connectivity index (χ4v) is 4.00. The maximum absolute atomic E-state index is 12.9. The number of piperidine rings is 1. The molecule has 0 unspecified atom stereocenters. The number of esters is 1. The van der Waals surface area contributed by atoms with E-state index in [4.69, 9.17) is 16.3 Å². The molecule has 0 aromatic heterocycles. The van der Waals surface area contributed by atoms with Crippen molar-refractivity contribution in [3.8, 4) is 0 Å². The average Bonchev–Trinajstić information content (AvgIpc) is 3.02. The van der Waals surface area contributed by atoms with Crippen molar-refractivity contribution < 1.29 is 23.9 Å². The molecule has 2 aromatic rings. The predicted molar refractivity (Wildman–Crippen MR) is 114 cm³/mol. The molecule has 160 valence electrons. The Labute approximate surface area is 184 Å². The molecule has 2 aliphatic heterocycles. The summed E-state index contributed by atoms with van der Waals surface area (Å²) in [4.78, 5) is 53.0. The lowest BCUT2D eigenvalue weighted by Crippen LogP contribution is -2.40. The third-order valence-electron chi connectivity index (χ3n) is 5.68. The van der Waals surface area contributed by atoms with Crippen molar-refractivity contribution in [2.24, 2.45) is 5.92 Å². The highest BCUT2D eigenvalue weighted by atomic mass is 35.5. The van der Waals surface area contributed by atoms with E-state index in [-0.39, 0.29) is 39.9 Å². The van der Waals surface area contributed by atoms with Crippen LogP contribution in [-0.4, -0.2) is 48.3 Å². The maximum atomic E-state index is 12.9. The summed E-state index contributed by atoms with van der Waals surface area (Å²) in [6.07, 6.45) is 1.87. The molecule has 3 amide bonds. The number of hydrogen-bond acceptors (Lipinski definition) is 5. The van der Waals surface area contributed by atoms with Gasteiger partial charge in [0.2, 0.25) is 0 Å². The number of rotatable bonds is 4. The molecule has 0 radical (unpaired) electrons. The molecule has 1 fully saturated rings. The van der Waals surface area contributed by atoms with Gasteiger partial charge in [-0.2, -0.15) is 0 Å². The van der Waals surface area contributed by atoms with E-state index >= 15 is 0 Å². The monoisotopic (exact) mass is 440 g/mol. The standard InChI is InChI=1S/C23H21ClN2O5/c1-14-8-10-25(11-9-14)20(27)13-31-23(30)15-6-7-16-17(12-15)22(29)26(21(16)28)19-5-3-2-4-18(19)24/h2-7,12,14H,8-11,13H2,1H3. The Bertz CT molecular complexity index is 1080. The van der Waals surface area contributed by atoms with Crippen LogP contribution in [0.4, 0.5) is 5.69 Å². The first-order valence-corrected chi connectivity index (χ1v) is 10.5. The minimum absolute atomic E-state index is 0.0933. The van der Waals surface area contributed by atoms with Gasteiger partial charge in [-0.25, -0.2) is 9.69 Å². The number of hydrogen-bond donors (Lipinski definition) is 0. The van der Waals surface area contributed by atoms with Crippen LogP contribution in [0.5, 0.6) is 0 Å². The lowest BCUT2D eigenvalue weighted by molar-refractivity contribution is -0.135. The van der Waals surface area contributed by atoms with E-state index in [0.717, 1.165) is 17.7 Å². The van der Waals surface area contributed by atoms with Gasteiger partial charge in [-0.1, -0.05) is 30.7 Å². The molecule has 2 aliphatic rings. The van der Waals surface area contributed by atoms with E-state index in [0.29, 0.717) is 19.0 Å². The number of carbonyl (C=O) groups excluding carboxylic acids is 4. The summed E-state index contributed by atoms with van der Waals surface area (Å²) >= 11 is 6.15. The van der Waals surface area contributed by atoms with Crippen LogP contribution in [0.3, 0.4) is 0 Å². The number of fused-ring (bicyclic) bond motifs is 1. The van der Waals surface area contributed by atoms with Crippen LogP contribution >= 0.6 is 11.6 Å². The molecule has 0 aliphatic carbocycles. The maximum Gasteiger partial charge on any atom is 0.338 e. The first-order valence-electron chi connectivity index (χ1n) is 10.1. The molecular weight excluding hydrogens is 420 g/mol. The van der Waals surface area contributed by atoms with Gasteiger partial charge >= 0.3 is 5.97 Å². The van der Waals surface area contributed by atoms with Gasteiger partial charge in [0, 0.05) is 13.1 Å². The second kappa shape index (κ2) is 8.51. The lowest BCUT2D eigenvalue weighted by atomic mass is 9.99. The first kappa shape index (κ1) is 21.1. The van der Waals surface area contributed by atoms with Gasteiger partial charge in [0.1, 0.15) is 0 Å². The summed E-state index contributed by atoms with van der Waals surface area (Å²) in [6, 6.07) is 10.7. The van der Waals surface area contributed by atoms with Gasteiger partial charge in [0.15, 0.2) is 6.61 Å². The Hall–Kier alpha value is -3.19. The number of carbonyl (C=O) groups is 4. The van der Waals surface area contributed by atoms with Gasteiger partial charge in [-0.3, -0.25) is 14.4 Å². The number of imide groups is 1. The van der Waals surface area contributed by atoms with E-state index in [1.54, 1.807) is 29.2 Å². The van der Waals surface area contributed by atoms with Gasteiger partial charge in [0.05, 0.1) is 27.4 Å². The molecular formula is C23H21ClN2O5. The molecule has 0 N–H and O–H groups in total. The van der Waals surface area contributed by atoms with Gasteiger partial charge < -0.3 is 9.64 Å². The molecule has 4 rings (SSSR count). The van der Waals surface area contributed by atoms with Crippen LogP contribution in [-0.2, 0) is 9.53 Å². The zero-order chi connectivity index (χ0) is 22.1. The van der Waals surface area contributed by atoms with Crippen molar-refractivity contribution in [2.75, 3.05) is 24.6 Å². The normalized spacial score (nSPS) is 16.5. The average molecular weight is 441 g/mol. The Morgan fingerprint density at radius 2 is 1.71 bits per heavy atom. The van der Waals surface area contributed by atoms with Crippen molar-refractivity contribution in [3.05, 3.63) is 64.2 Å². The van der Waals surface area contributed by atoms with Gasteiger partial charge in [-0.05, 0) is 49.1 Å². The summed E-state index contributed by atoms with van der Waals surface area (Å²) in [7, 11) is 0. The number of para-hydroxylation sites is 1. The second-order valence-corrected chi connectivity index (χ2v) is 8.20. The lowest BCUT2D eigenvalue weighted by Gasteiger charge is -2.30. The third kappa shape index (κ3) is 4.05. The Balaban J connectivity index is 1.46. The highest BCUT2D eigenvalue weighted by Gasteiger charge is 2.38. The highest BCUT2D eigenvalue weighted by molar-refractivity contribution is 6.39. The molecule has 0 bridgehead atoms. The summed E-state index contributed by atoms with van der Waals surface area (Å²) < 4.78 is 5.16. The molecule has 7 nitrogen and oxygen atoms in total. The van der Waals surface area contributed by atoms with E-state index in [1.165, 1.54) is 18.2 Å². The zero-order valence-corrected chi connectivity index (χ0v) is 17.7. The number of halogens is 1. The van der Waals surface area contributed by atoms with Crippen molar-refractivity contribution in [3.63, 3.8) is 0 Å². The number of anilines is 1. The Kier molecular flexibility index (Phi) is 5.78. The van der Waals surface area contributed by atoms with Gasteiger partial charge in [-0.15, -0.1) is 0 Å². The van der Waals surface area contributed by atoms with Crippen LogP contribution in [0.1, 0.15) is 50.8 Å². The van der Waals surface area contributed by atoms with Crippen molar-refractivity contribution >= 4 is 41.0 Å².